The molecule has 6 nitrogen and oxygen atoms in total. The van der Waals surface area contributed by atoms with Crippen molar-refractivity contribution < 1.29 is 19.0 Å². The first-order chi connectivity index (χ1) is 14.5. The molecule has 3 heterocycles. The van der Waals surface area contributed by atoms with E-state index in [1.54, 1.807) is 6.07 Å². The largest absolute Gasteiger partial charge is 0.492 e. The number of methoxy groups -OCH3 is 1. The molecule has 0 aliphatic carbocycles. The number of carbonyl (C=O) groups is 1. The Labute approximate surface area is 187 Å². The van der Waals surface area contributed by atoms with E-state index in [4.69, 9.17) is 30.8 Å². The maximum Gasteiger partial charge on any atom is 0.337 e. The summed E-state index contributed by atoms with van der Waals surface area (Å²) in [5, 5.41) is 0.694. The molecule has 1 saturated heterocycles. The van der Waals surface area contributed by atoms with Gasteiger partial charge in [0.2, 0.25) is 0 Å². The monoisotopic (exact) mass is 490 g/mol. The fourth-order valence-electron chi connectivity index (χ4n) is 4.10. The molecule has 0 saturated carbocycles. The molecule has 0 amide bonds. The maximum atomic E-state index is 12.0. The molecule has 1 fully saturated rings. The summed E-state index contributed by atoms with van der Waals surface area (Å²) in [7, 11) is 1.38. The van der Waals surface area contributed by atoms with Crippen molar-refractivity contribution in [1.82, 2.24) is 9.55 Å². The molecule has 156 valence electrons. The Bertz CT molecular complexity index is 1160. The van der Waals surface area contributed by atoms with Crippen molar-refractivity contribution in [3.8, 4) is 5.75 Å². The number of benzene rings is 2. The van der Waals surface area contributed by atoms with Gasteiger partial charge < -0.3 is 18.8 Å². The van der Waals surface area contributed by atoms with E-state index in [1.807, 2.05) is 18.2 Å². The lowest BCUT2D eigenvalue weighted by Gasteiger charge is -2.27. The standard InChI is InChI=1S/C22H20BrClN2O4/c1-28-22(27)12-2-3-18-19(8-12)26(11-13-4-6-29-13)20(25-18)9-15-14-5-7-30-21(14)16(23)10-17(15)24/h2-3,8,10,13H,4-7,9,11H2,1H3/t13-/m0/s1. The number of halogens is 2. The van der Waals surface area contributed by atoms with Gasteiger partial charge in [0.1, 0.15) is 11.6 Å². The average molecular weight is 492 g/mol. The summed E-state index contributed by atoms with van der Waals surface area (Å²) in [6.45, 7) is 2.11. The van der Waals surface area contributed by atoms with Crippen LogP contribution >= 0.6 is 27.5 Å². The molecule has 0 N–H and O–H groups in total. The Morgan fingerprint density at radius 2 is 2.20 bits per heavy atom. The quantitative estimate of drug-likeness (QED) is 0.490. The van der Waals surface area contributed by atoms with E-state index < -0.39 is 0 Å². The van der Waals surface area contributed by atoms with E-state index in [0.29, 0.717) is 30.2 Å². The topological polar surface area (TPSA) is 62.6 Å². The van der Waals surface area contributed by atoms with Crippen molar-refractivity contribution in [3.63, 3.8) is 0 Å². The molecule has 8 heteroatoms. The molecule has 30 heavy (non-hydrogen) atoms. The van der Waals surface area contributed by atoms with Crippen LogP contribution in [0.2, 0.25) is 5.02 Å². The molecule has 0 unspecified atom stereocenters. The number of imidazole rings is 1. The van der Waals surface area contributed by atoms with Crippen LogP contribution in [0.5, 0.6) is 5.75 Å². The van der Waals surface area contributed by atoms with Crippen LogP contribution in [0.3, 0.4) is 0 Å². The summed E-state index contributed by atoms with van der Waals surface area (Å²) in [6.07, 6.45) is 2.56. The minimum absolute atomic E-state index is 0.150. The van der Waals surface area contributed by atoms with Gasteiger partial charge in [-0.25, -0.2) is 9.78 Å². The average Bonchev–Trinajstić information content (AvgIpc) is 3.32. The Hall–Kier alpha value is -2.09. The first kappa shape index (κ1) is 19.8. The number of rotatable bonds is 5. The molecule has 5 rings (SSSR count). The second-order valence-electron chi connectivity index (χ2n) is 7.52. The van der Waals surface area contributed by atoms with Crippen LogP contribution in [-0.4, -0.2) is 41.9 Å². The molecular weight excluding hydrogens is 472 g/mol. The van der Waals surface area contributed by atoms with Crippen LogP contribution in [0.25, 0.3) is 11.0 Å². The summed E-state index contributed by atoms with van der Waals surface area (Å²) in [5.41, 5.74) is 4.39. The fraction of sp³-hybridized carbons (Fsp3) is 0.364. The summed E-state index contributed by atoms with van der Waals surface area (Å²) >= 11 is 10.2. The van der Waals surface area contributed by atoms with Gasteiger partial charge in [0, 0.05) is 30.0 Å². The maximum absolute atomic E-state index is 12.0. The second kappa shape index (κ2) is 7.87. The lowest BCUT2D eigenvalue weighted by Crippen LogP contribution is -2.31. The molecule has 1 atom stereocenters. The Morgan fingerprint density at radius 3 is 2.93 bits per heavy atom. The molecule has 0 bridgehead atoms. The molecule has 2 aliphatic rings. The van der Waals surface area contributed by atoms with Gasteiger partial charge in [-0.05, 0) is 52.2 Å². The van der Waals surface area contributed by atoms with Gasteiger partial charge in [0.25, 0.3) is 0 Å². The second-order valence-corrected chi connectivity index (χ2v) is 8.78. The number of fused-ring (bicyclic) bond motifs is 2. The molecule has 1 aromatic heterocycles. The van der Waals surface area contributed by atoms with E-state index in [2.05, 4.69) is 20.5 Å². The number of nitrogens with zero attached hydrogens (tertiary/aromatic N) is 2. The van der Waals surface area contributed by atoms with Gasteiger partial charge in [-0.3, -0.25) is 0 Å². The summed E-state index contributed by atoms with van der Waals surface area (Å²) < 4.78 is 19.4. The van der Waals surface area contributed by atoms with Crippen LogP contribution in [0.15, 0.2) is 28.7 Å². The summed E-state index contributed by atoms with van der Waals surface area (Å²) in [6, 6.07) is 7.33. The van der Waals surface area contributed by atoms with Crippen LogP contribution in [0, 0.1) is 0 Å². The zero-order valence-corrected chi connectivity index (χ0v) is 18.8. The first-order valence-electron chi connectivity index (χ1n) is 9.86. The first-order valence-corrected chi connectivity index (χ1v) is 11.0. The number of hydrogen-bond acceptors (Lipinski definition) is 5. The van der Waals surface area contributed by atoms with Gasteiger partial charge in [-0.2, -0.15) is 0 Å². The smallest absolute Gasteiger partial charge is 0.337 e. The molecule has 2 aliphatic heterocycles. The number of carbonyl (C=O) groups excluding carboxylic acids is 1. The van der Waals surface area contributed by atoms with Crippen molar-refractivity contribution in [1.29, 1.82) is 0 Å². The minimum Gasteiger partial charge on any atom is -0.492 e. The molecular formula is C22H20BrClN2O4. The van der Waals surface area contributed by atoms with Gasteiger partial charge in [-0.1, -0.05) is 11.6 Å². The van der Waals surface area contributed by atoms with E-state index in [0.717, 1.165) is 57.7 Å². The Morgan fingerprint density at radius 1 is 1.37 bits per heavy atom. The summed E-state index contributed by atoms with van der Waals surface area (Å²) in [4.78, 5) is 16.9. The van der Waals surface area contributed by atoms with Gasteiger partial charge in [0.15, 0.2) is 0 Å². The Kier molecular flexibility index (Phi) is 5.21. The zero-order valence-electron chi connectivity index (χ0n) is 16.4. The summed E-state index contributed by atoms with van der Waals surface area (Å²) in [5.74, 6) is 1.39. The SMILES string of the molecule is COC(=O)c1ccc2nc(Cc3c(Cl)cc(Br)c4c3CCO4)n(C[C@@H]3CCO3)c2c1. The minimum atomic E-state index is -0.364. The van der Waals surface area contributed by atoms with Crippen molar-refractivity contribution in [2.75, 3.05) is 20.3 Å². The van der Waals surface area contributed by atoms with Crippen molar-refractivity contribution >= 4 is 44.5 Å². The Balaban J connectivity index is 1.61. The van der Waals surface area contributed by atoms with Gasteiger partial charge >= 0.3 is 5.97 Å². The van der Waals surface area contributed by atoms with Gasteiger partial charge in [0.05, 0.1) is 47.4 Å². The third-order valence-corrected chi connectivity index (χ3v) is 6.68. The highest BCUT2D eigenvalue weighted by Gasteiger charge is 2.26. The van der Waals surface area contributed by atoms with Crippen LogP contribution in [0.1, 0.15) is 33.7 Å². The number of ether oxygens (including phenoxy) is 3. The molecule has 3 aromatic rings. The highest BCUT2D eigenvalue weighted by atomic mass is 79.9. The molecule has 0 radical (unpaired) electrons. The number of hydrogen-bond donors (Lipinski definition) is 0. The zero-order chi connectivity index (χ0) is 20.8. The van der Waals surface area contributed by atoms with Gasteiger partial charge in [-0.15, -0.1) is 0 Å². The highest BCUT2D eigenvalue weighted by molar-refractivity contribution is 9.10. The molecule has 2 aromatic carbocycles. The van der Waals surface area contributed by atoms with E-state index >= 15 is 0 Å². The number of esters is 1. The van der Waals surface area contributed by atoms with E-state index in [-0.39, 0.29) is 12.1 Å². The highest BCUT2D eigenvalue weighted by Crippen LogP contribution is 2.41. The molecule has 0 spiro atoms. The predicted molar refractivity (Wildman–Crippen MR) is 117 cm³/mol. The van der Waals surface area contributed by atoms with Crippen LogP contribution < -0.4 is 4.74 Å². The van der Waals surface area contributed by atoms with E-state index in [9.17, 15) is 4.79 Å². The fourth-order valence-corrected chi connectivity index (χ4v) is 5.11. The third-order valence-electron chi connectivity index (χ3n) is 5.76. The normalized spacial score (nSPS) is 17.5. The van der Waals surface area contributed by atoms with Crippen molar-refractivity contribution in [3.05, 3.63) is 56.3 Å². The number of aromatic nitrogens is 2. The lowest BCUT2D eigenvalue weighted by atomic mass is 10.0. The predicted octanol–water partition coefficient (Wildman–Crippen LogP) is 4.55. The van der Waals surface area contributed by atoms with E-state index in [1.165, 1.54) is 7.11 Å². The lowest BCUT2D eigenvalue weighted by molar-refractivity contribution is -0.0589. The van der Waals surface area contributed by atoms with Crippen LogP contribution in [0.4, 0.5) is 0 Å². The van der Waals surface area contributed by atoms with Crippen molar-refractivity contribution in [2.45, 2.75) is 31.9 Å². The van der Waals surface area contributed by atoms with Crippen LogP contribution in [-0.2, 0) is 28.9 Å². The third kappa shape index (κ3) is 3.39. The van der Waals surface area contributed by atoms with Crippen molar-refractivity contribution in [2.24, 2.45) is 0 Å².